The van der Waals surface area contributed by atoms with Crippen molar-refractivity contribution in [3.05, 3.63) is 29.3 Å². The van der Waals surface area contributed by atoms with Gasteiger partial charge in [-0.05, 0) is 61.3 Å². The highest BCUT2D eigenvalue weighted by molar-refractivity contribution is 5.58. The number of anilines is 1. The van der Waals surface area contributed by atoms with Gasteiger partial charge in [-0.25, -0.2) is 0 Å². The van der Waals surface area contributed by atoms with Crippen LogP contribution in [0.1, 0.15) is 50.7 Å². The molecule has 2 heteroatoms. The molecule has 1 fully saturated rings. The molecule has 0 radical (unpaired) electrons. The Morgan fingerprint density at radius 3 is 2.70 bits per heavy atom. The summed E-state index contributed by atoms with van der Waals surface area (Å²) in [7, 11) is 2.31. The zero-order chi connectivity index (χ0) is 14.2. The zero-order valence-electron chi connectivity index (χ0n) is 13.2. The van der Waals surface area contributed by atoms with Crippen LogP contribution in [-0.4, -0.2) is 19.6 Å². The Kier molecular flexibility index (Phi) is 3.76. The maximum absolute atomic E-state index is 3.48. The number of nitrogens with one attached hydrogen (secondary N) is 1. The second-order valence-corrected chi connectivity index (χ2v) is 7.35. The number of nitrogens with zero attached hydrogens (tertiary/aromatic N) is 1. The van der Waals surface area contributed by atoms with Gasteiger partial charge in [-0.3, -0.25) is 0 Å². The van der Waals surface area contributed by atoms with Crippen molar-refractivity contribution in [3.63, 3.8) is 0 Å². The van der Waals surface area contributed by atoms with Crippen LogP contribution in [0, 0.1) is 5.41 Å². The van der Waals surface area contributed by atoms with Gasteiger partial charge in [0.25, 0.3) is 0 Å². The Hall–Kier alpha value is -1.02. The van der Waals surface area contributed by atoms with Crippen molar-refractivity contribution >= 4 is 5.69 Å². The molecule has 1 aromatic rings. The molecule has 0 aromatic heterocycles. The molecule has 1 aliphatic carbocycles. The van der Waals surface area contributed by atoms with E-state index in [2.05, 4.69) is 49.3 Å². The molecule has 1 heterocycles. The first kappa shape index (κ1) is 13.9. The summed E-state index contributed by atoms with van der Waals surface area (Å²) in [5, 5.41) is 3.48. The maximum Gasteiger partial charge on any atom is 0.0402 e. The van der Waals surface area contributed by atoms with E-state index in [1.807, 2.05) is 0 Å². The van der Waals surface area contributed by atoms with Gasteiger partial charge in [-0.15, -0.1) is 0 Å². The summed E-state index contributed by atoms with van der Waals surface area (Å²) in [6.45, 7) is 6.99. The number of hydrogen-bond acceptors (Lipinski definition) is 2. The quantitative estimate of drug-likeness (QED) is 0.882. The third kappa shape index (κ3) is 2.71. The summed E-state index contributed by atoms with van der Waals surface area (Å²) >= 11 is 0. The summed E-state index contributed by atoms with van der Waals surface area (Å²) in [6, 6.07) is 7.56. The van der Waals surface area contributed by atoms with Gasteiger partial charge < -0.3 is 10.2 Å². The number of rotatable bonds is 2. The molecule has 0 spiro atoms. The molecule has 3 rings (SSSR count). The normalized spacial score (nSPS) is 22.4. The Bertz CT molecular complexity index is 468. The fourth-order valence-electron chi connectivity index (χ4n) is 3.81. The summed E-state index contributed by atoms with van der Waals surface area (Å²) in [5.74, 6) is 0. The smallest absolute Gasteiger partial charge is 0.0402 e. The lowest BCUT2D eigenvalue weighted by Crippen LogP contribution is -2.38. The lowest BCUT2D eigenvalue weighted by atomic mass is 9.75. The Labute approximate surface area is 123 Å². The number of benzene rings is 1. The molecule has 1 saturated carbocycles. The lowest BCUT2D eigenvalue weighted by Gasteiger charge is -2.40. The Morgan fingerprint density at radius 2 is 1.95 bits per heavy atom. The molecule has 1 N–H and O–H groups in total. The Balaban J connectivity index is 1.79. The summed E-state index contributed by atoms with van der Waals surface area (Å²) in [5.41, 5.74) is 5.11. The second-order valence-electron chi connectivity index (χ2n) is 7.35. The zero-order valence-corrected chi connectivity index (χ0v) is 13.2. The van der Waals surface area contributed by atoms with Gasteiger partial charge in [0.15, 0.2) is 0 Å². The molecular weight excluding hydrogens is 244 g/mol. The molecule has 0 amide bonds. The summed E-state index contributed by atoms with van der Waals surface area (Å²) in [4.78, 5) is 2.57. The molecule has 2 nitrogen and oxygen atoms in total. The first-order valence-corrected chi connectivity index (χ1v) is 8.11. The van der Waals surface area contributed by atoms with Gasteiger partial charge in [0.2, 0.25) is 0 Å². The van der Waals surface area contributed by atoms with Crippen LogP contribution in [0.5, 0.6) is 0 Å². The molecule has 1 aromatic carbocycles. The number of hydrogen-bond donors (Lipinski definition) is 1. The highest BCUT2D eigenvalue weighted by Gasteiger charge is 2.29. The van der Waals surface area contributed by atoms with Gasteiger partial charge in [-0.1, -0.05) is 26.0 Å². The minimum atomic E-state index is 0.553. The lowest BCUT2D eigenvalue weighted by molar-refractivity contribution is 0.222. The monoisotopic (exact) mass is 272 g/mol. The van der Waals surface area contributed by atoms with E-state index in [-0.39, 0.29) is 0 Å². The Morgan fingerprint density at radius 1 is 1.20 bits per heavy atom. The largest absolute Gasteiger partial charge is 0.371 e. The number of fused-ring (bicyclic) bond motifs is 1. The van der Waals surface area contributed by atoms with Crippen molar-refractivity contribution in [3.8, 4) is 0 Å². The first-order chi connectivity index (χ1) is 9.57. The molecule has 110 valence electrons. The van der Waals surface area contributed by atoms with Crippen LogP contribution in [0.25, 0.3) is 0 Å². The van der Waals surface area contributed by atoms with E-state index in [0.29, 0.717) is 5.41 Å². The predicted molar refractivity (Wildman–Crippen MR) is 86.3 cm³/mol. The van der Waals surface area contributed by atoms with Crippen LogP contribution in [0.15, 0.2) is 18.2 Å². The van der Waals surface area contributed by atoms with Crippen LogP contribution < -0.4 is 10.2 Å². The van der Waals surface area contributed by atoms with Gasteiger partial charge in [0, 0.05) is 25.3 Å². The minimum Gasteiger partial charge on any atom is -0.371 e. The molecule has 0 unspecified atom stereocenters. The first-order valence-electron chi connectivity index (χ1n) is 8.11. The highest BCUT2D eigenvalue weighted by atomic mass is 15.1. The second kappa shape index (κ2) is 5.40. The fourth-order valence-corrected chi connectivity index (χ4v) is 3.81. The molecule has 0 saturated heterocycles. The van der Waals surface area contributed by atoms with Gasteiger partial charge in [0.05, 0.1) is 0 Å². The van der Waals surface area contributed by atoms with Crippen molar-refractivity contribution in [2.45, 2.75) is 58.5 Å². The van der Waals surface area contributed by atoms with Gasteiger partial charge in [-0.2, -0.15) is 0 Å². The maximum atomic E-state index is 3.48. The van der Waals surface area contributed by atoms with E-state index in [9.17, 15) is 0 Å². The van der Waals surface area contributed by atoms with E-state index >= 15 is 0 Å². The van der Waals surface area contributed by atoms with Crippen LogP contribution >= 0.6 is 0 Å². The molecular formula is C18H28N2. The van der Waals surface area contributed by atoms with Crippen molar-refractivity contribution < 1.29 is 0 Å². The average molecular weight is 272 g/mol. The van der Waals surface area contributed by atoms with E-state index < -0.39 is 0 Å². The van der Waals surface area contributed by atoms with Crippen molar-refractivity contribution in [2.75, 3.05) is 18.5 Å². The summed E-state index contributed by atoms with van der Waals surface area (Å²) in [6.07, 6.45) is 6.57. The van der Waals surface area contributed by atoms with E-state index in [4.69, 9.17) is 0 Å². The van der Waals surface area contributed by atoms with Crippen LogP contribution in [0.3, 0.4) is 0 Å². The van der Waals surface area contributed by atoms with Crippen molar-refractivity contribution in [1.82, 2.24) is 5.32 Å². The molecule has 20 heavy (non-hydrogen) atoms. The summed E-state index contributed by atoms with van der Waals surface area (Å²) < 4.78 is 0. The molecule has 2 aliphatic rings. The van der Waals surface area contributed by atoms with E-state index in [1.54, 1.807) is 5.56 Å². The van der Waals surface area contributed by atoms with Crippen molar-refractivity contribution in [2.24, 2.45) is 5.41 Å². The van der Waals surface area contributed by atoms with E-state index in [1.165, 1.54) is 43.4 Å². The average Bonchev–Trinajstić information content (AvgIpc) is 2.46. The predicted octanol–water partition coefficient (Wildman–Crippen LogP) is 3.74. The molecule has 0 bridgehead atoms. The van der Waals surface area contributed by atoms with Crippen LogP contribution in [0.2, 0.25) is 0 Å². The molecule has 1 aliphatic heterocycles. The fraction of sp³-hybridized carbons (Fsp3) is 0.667. The van der Waals surface area contributed by atoms with Gasteiger partial charge >= 0.3 is 0 Å². The third-order valence-electron chi connectivity index (χ3n) is 5.35. The standard InChI is InChI=1S/C18H28N2/c1-18(2)10-7-15(8-11-18)20(3)17-6-4-5-14-13-19-12-9-16(14)17/h4-6,15,19H,7-13H2,1-3H3. The third-order valence-corrected chi connectivity index (χ3v) is 5.35. The SMILES string of the molecule is CN(c1cccc2c1CCNC2)C1CCC(C)(C)CC1. The van der Waals surface area contributed by atoms with Crippen LogP contribution in [-0.2, 0) is 13.0 Å². The topological polar surface area (TPSA) is 15.3 Å². The minimum absolute atomic E-state index is 0.553. The van der Waals surface area contributed by atoms with Gasteiger partial charge in [0.1, 0.15) is 0 Å². The van der Waals surface area contributed by atoms with Crippen molar-refractivity contribution in [1.29, 1.82) is 0 Å². The highest BCUT2D eigenvalue weighted by Crippen LogP contribution is 2.38. The van der Waals surface area contributed by atoms with Crippen LogP contribution in [0.4, 0.5) is 5.69 Å². The molecule has 0 atom stereocenters. The van der Waals surface area contributed by atoms with E-state index in [0.717, 1.165) is 19.1 Å².